The van der Waals surface area contributed by atoms with Gasteiger partial charge in [0.15, 0.2) is 27.1 Å². The number of hydrogen-bond donors (Lipinski definition) is 2. The number of carboxylic acids is 1. The Morgan fingerprint density at radius 2 is 1.83 bits per heavy atom. The fourth-order valence-electron chi connectivity index (χ4n) is 3.09. The number of nitrogens with zero attached hydrogens (tertiary/aromatic N) is 1. The number of sulfone groups is 1. The summed E-state index contributed by atoms with van der Waals surface area (Å²) in [6, 6.07) is 0. The minimum absolute atomic E-state index is 0.520. The standard InChI is InChI=1S/C17H23NO10S/c1-17(2,3)28-16(24)11-8(12(22)9(19)5-6-10(20)21)7-29(25,26)15-13(27-4)14(23)18(11)15/h12-13,15,22H,5-7H2,1-4H3,(H,20,21). The summed E-state index contributed by atoms with van der Waals surface area (Å²) in [5.41, 5.74) is -2.06. The number of ether oxygens (including phenoxy) is 2. The molecule has 0 aromatic carbocycles. The number of aliphatic carboxylic acids is 1. The Morgan fingerprint density at radius 1 is 1.24 bits per heavy atom. The lowest BCUT2D eigenvalue weighted by atomic mass is 9.98. The van der Waals surface area contributed by atoms with Crippen LogP contribution in [0.2, 0.25) is 0 Å². The average Bonchev–Trinajstić information content (AvgIpc) is 2.57. The lowest BCUT2D eigenvalue weighted by molar-refractivity contribution is -0.167. The van der Waals surface area contributed by atoms with E-state index in [4.69, 9.17) is 14.6 Å². The van der Waals surface area contributed by atoms with Crippen LogP contribution in [0.25, 0.3) is 0 Å². The number of rotatable bonds is 7. The molecule has 1 amide bonds. The normalized spacial score (nSPS) is 24.4. The lowest BCUT2D eigenvalue weighted by Crippen LogP contribution is -2.71. The van der Waals surface area contributed by atoms with E-state index in [1.54, 1.807) is 20.8 Å². The van der Waals surface area contributed by atoms with Gasteiger partial charge in [-0.25, -0.2) is 13.2 Å². The number of aliphatic hydroxyl groups excluding tert-OH is 1. The van der Waals surface area contributed by atoms with Crippen molar-refractivity contribution in [1.29, 1.82) is 0 Å². The van der Waals surface area contributed by atoms with E-state index in [0.29, 0.717) is 4.90 Å². The molecule has 2 aliphatic heterocycles. The number of carbonyl (C=O) groups excluding carboxylic acids is 3. The molecule has 2 rings (SSSR count). The zero-order chi connectivity index (χ0) is 22.3. The van der Waals surface area contributed by atoms with Crippen LogP contribution in [0, 0.1) is 0 Å². The first-order chi connectivity index (χ1) is 13.2. The molecule has 1 saturated heterocycles. The minimum atomic E-state index is -4.10. The maximum atomic E-state index is 12.7. The molecule has 11 nitrogen and oxygen atoms in total. The molecule has 162 valence electrons. The third-order valence-electron chi connectivity index (χ3n) is 4.33. The number of esters is 1. The van der Waals surface area contributed by atoms with Crippen molar-refractivity contribution in [3.63, 3.8) is 0 Å². The van der Waals surface area contributed by atoms with Crippen molar-refractivity contribution in [3.8, 4) is 0 Å². The highest BCUT2D eigenvalue weighted by atomic mass is 32.2. The molecule has 0 radical (unpaired) electrons. The van der Waals surface area contributed by atoms with Crippen molar-refractivity contribution >= 4 is 33.5 Å². The molecule has 0 saturated carbocycles. The summed E-state index contributed by atoms with van der Waals surface area (Å²) >= 11 is 0. The Bertz CT molecular complexity index is 882. The molecule has 12 heteroatoms. The topological polar surface area (TPSA) is 165 Å². The van der Waals surface area contributed by atoms with Gasteiger partial charge in [0.25, 0.3) is 5.91 Å². The average molecular weight is 433 g/mol. The molecule has 0 aromatic heterocycles. The molecule has 3 atom stereocenters. The second kappa shape index (κ2) is 7.84. The number of carbonyl (C=O) groups is 4. The van der Waals surface area contributed by atoms with Gasteiger partial charge in [-0.2, -0.15) is 0 Å². The highest BCUT2D eigenvalue weighted by Gasteiger charge is 2.61. The van der Waals surface area contributed by atoms with Crippen LogP contribution < -0.4 is 0 Å². The Hall–Kier alpha value is -2.31. The van der Waals surface area contributed by atoms with Crippen molar-refractivity contribution in [2.24, 2.45) is 0 Å². The molecular formula is C17H23NO10S. The summed E-state index contributed by atoms with van der Waals surface area (Å²) in [5, 5.41) is 17.6. The van der Waals surface area contributed by atoms with Gasteiger partial charge in [-0.05, 0) is 20.8 Å². The van der Waals surface area contributed by atoms with Crippen molar-refractivity contribution in [2.45, 2.75) is 56.8 Å². The Balaban J connectivity index is 2.54. The van der Waals surface area contributed by atoms with E-state index in [1.807, 2.05) is 0 Å². The number of hydrogen-bond acceptors (Lipinski definition) is 9. The smallest absolute Gasteiger partial charge is 0.355 e. The predicted molar refractivity (Wildman–Crippen MR) is 96.0 cm³/mol. The summed E-state index contributed by atoms with van der Waals surface area (Å²) in [6.45, 7) is 4.64. The molecule has 2 heterocycles. The fraction of sp³-hybridized carbons (Fsp3) is 0.647. The maximum Gasteiger partial charge on any atom is 0.355 e. The number of aliphatic hydroxyl groups is 1. The van der Waals surface area contributed by atoms with Gasteiger partial charge in [0.2, 0.25) is 0 Å². The van der Waals surface area contributed by atoms with Gasteiger partial charge < -0.3 is 19.7 Å². The largest absolute Gasteiger partial charge is 0.481 e. The zero-order valence-corrected chi connectivity index (χ0v) is 17.2. The van der Waals surface area contributed by atoms with Crippen LogP contribution in [-0.2, 0) is 38.5 Å². The highest BCUT2D eigenvalue weighted by Crippen LogP contribution is 2.39. The molecule has 2 aliphatic rings. The van der Waals surface area contributed by atoms with Crippen molar-refractivity contribution in [1.82, 2.24) is 4.90 Å². The Labute approximate surface area is 167 Å². The van der Waals surface area contributed by atoms with Gasteiger partial charge in [0.05, 0.1) is 12.2 Å². The quantitative estimate of drug-likeness (QED) is 0.375. The molecule has 3 unspecified atom stereocenters. The van der Waals surface area contributed by atoms with Crippen molar-refractivity contribution < 1.29 is 47.3 Å². The van der Waals surface area contributed by atoms with Crippen LogP contribution in [0.1, 0.15) is 33.6 Å². The zero-order valence-electron chi connectivity index (χ0n) is 16.4. The van der Waals surface area contributed by atoms with Gasteiger partial charge in [-0.15, -0.1) is 0 Å². The van der Waals surface area contributed by atoms with Gasteiger partial charge in [0.1, 0.15) is 17.4 Å². The molecular weight excluding hydrogens is 410 g/mol. The van der Waals surface area contributed by atoms with Crippen LogP contribution in [-0.4, -0.2) is 83.2 Å². The van der Waals surface area contributed by atoms with E-state index in [0.717, 1.165) is 7.11 Å². The van der Waals surface area contributed by atoms with Gasteiger partial charge in [0, 0.05) is 19.1 Å². The second-order valence-corrected chi connectivity index (χ2v) is 9.80. The number of ketones is 1. The maximum absolute atomic E-state index is 12.7. The number of β-lactam (4-membered cyclic amide) rings is 1. The van der Waals surface area contributed by atoms with Crippen LogP contribution in [0.5, 0.6) is 0 Å². The molecule has 1 fully saturated rings. The summed E-state index contributed by atoms with van der Waals surface area (Å²) < 4.78 is 35.4. The number of carboxylic acid groups (broad SMARTS) is 1. The van der Waals surface area contributed by atoms with E-state index >= 15 is 0 Å². The molecule has 0 aliphatic carbocycles. The Kier molecular flexibility index (Phi) is 6.21. The van der Waals surface area contributed by atoms with Gasteiger partial charge >= 0.3 is 11.9 Å². The third kappa shape index (κ3) is 4.49. The fourth-order valence-corrected chi connectivity index (χ4v) is 5.13. The SMILES string of the molecule is COC1C(=O)N2C(C(=O)OC(C)(C)C)=C(C(O)C(=O)CCC(=O)O)CS(=O)(=O)C12. The van der Waals surface area contributed by atoms with Crippen LogP contribution >= 0.6 is 0 Å². The first kappa shape index (κ1) is 23.0. The number of Topliss-reactive ketones (excluding diaryl/α,β-unsaturated/α-hetero) is 1. The van der Waals surface area contributed by atoms with Crippen LogP contribution in [0.15, 0.2) is 11.3 Å². The van der Waals surface area contributed by atoms with E-state index in [1.165, 1.54) is 0 Å². The third-order valence-corrected chi connectivity index (χ3v) is 6.24. The monoisotopic (exact) mass is 433 g/mol. The molecule has 0 bridgehead atoms. The summed E-state index contributed by atoms with van der Waals surface area (Å²) in [6.07, 6.45) is -4.57. The Morgan fingerprint density at radius 3 is 2.31 bits per heavy atom. The first-order valence-electron chi connectivity index (χ1n) is 8.67. The van der Waals surface area contributed by atoms with Crippen molar-refractivity contribution in [2.75, 3.05) is 12.9 Å². The van der Waals surface area contributed by atoms with E-state index < -0.39 is 86.5 Å². The summed E-state index contributed by atoms with van der Waals surface area (Å²) in [7, 11) is -2.96. The minimum Gasteiger partial charge on any atom is -0.481 e. The highest BCUT2D eigenvalue weighted by molar-refractivity contribution is 7.92. The van der Waals surface area contributed by atoms with Crippen LogP contribution in [0.3, 0.4) is 0 Å². The van der Waals surface area contributed by atoms with Gasteiger partial charge in [-0.3, -0.25) is 19.3 Å². The predicted octanol–water partition coefficient (Wildman–Crippen LogP) is -1.01. The van der Waals surface area contributed by atoms with E-state index in [2.05, 4.69) is 0 Å². The van der Waals surface area contributed by atoms with E-state index in [-0.39, 0.29) is 0 Å². The first-order valence-corrected chi connectivity index (χ1v) is 10.4. The number of amides is 1. The molecule has 29 heavy (non-hydrogen) atoms. The molecule has 0 aromatic rings. The second-order valence-electron chi connectivity index (χ2n) is 7.70. The van der Waals surface area contributed by atoms with E-state index in [9.17, 15) is 32.7 Å². The summed E-state index contributed by atoms with van der Waals surface area (Å²) in [4.78, 5) is 48.7. The molecule has 2 N–H and O–H groups in total. The summed E-state index contributed by atoms with van der Waals surface area (Å²) in [5.74, 6) is -5.07. The van der Waals surface area contributed by atoms with Gasteiger partial charge in [-0.1, -0.05) is 0 Å². The van der Waals surface area contributed by atoms with Crippen LogP contribution in [0.4, 0.5) is 0 Å². The lowest BCUT2D eigenvalue weighted by Gasteiger charge is -2.49. The molecule has 0 spiro atoms. The van der Waals surface area contributed by atoms with Crippen molar-refractivity contribution in [3.05, 3.63) is 11.3 Å². The number of methoxy groups -OCH3 is 1. The number of fused-ring (bicyclic) bond motifs is 1.